The smallest absolute Gasteiger partial charge is 0.0681 e. The molecule has 0 radical (unpaired) electrons. The standard InChI is InChI=1S/C25H39NO/c1-24(2,3)26-14-12-19-7-10-23-22-9-6-18-15-17(16-27)5-8-20(18)21(22)11-13-25(19,23)4/h5,8,15,19,21-23,26-27H,6-7,9-14,16H2,1-4H3/t19-,21-,22-,23+,25-/m1/s1. The van der Waals surface area contributed by atoms with Gasteiger partial charge in [-0.15, -0.1) is 0 Å². The molecule has 1 aromatic carbocycles. The van der Waals surface area contributed by atoms with E-state index < -0.39 is 0 Å². The maximum atomic E-state index is 9.47. The second-order valence-electron chi connectivity index (χ2n) is 10.9. The molecule has 0 bridgehead atoms. The van der Waals surface area contributed by atoms with E-state index in [1.54, 1.807) is 5.56 Å². The van der Waals surface area contributed by atoms with Gasteiger partial charge in [-0.05, 0) is 118 Å². The van der Waals surface area contributed by atoms with E-state index in [0.29, 0.717) is 5.41 Å². The van der Waals surface area contributed by atoms with Gasteiger partial charge in [0.15, 0.2) is 0 Å². The molecule has 3 aliphatic carbocycles. The van der Waals surface area contributed by atoms with Crippen molar-refractivity contribution < 1.29 is 5.11 Å². The van der Waals surface area contributed by atoms with Crippen molar-refractivity contribution in [3.8, 4) is 0 Å². The van der Waals surface area contributed by atoms with Gasteiger partial charge in [-0.2, -0.15) is 0 Å². The Hall–Kier alpha value is -0.860. The number of aryl methyl sites for hydroxylation is 1. The van der Waals surface area contributed by atoms with E-state index >= 15 is 0 Å². The Bertz CT molecular complexity index is 675. The largest absolute Gasteiger partial charge is 0.392 e. The first-order valence-corrected chi connectivity index (χ1v) is 11.3. The predicted molar refractivity (Wildman–Crippen MR) is 113 cm³/mol. The van der Waals surface area contributed by atoms with E-state index in [-0.39, 0.29) is 12.1 Å². The highest BCUT2D eigenvalue weighted by molar-refractivity contribution is 5.38. The van der Waals surface area contributed by atoms with Crippen molar-refractivity contribution in [2.45, 2.75) is 90.7 Å². The number of fused-ring (bicyclic) bond motifs is 5. The van der Waals surface area contributed by atoms with Gasteiger partial charge in [0.05, 0.1) is 6.61 Å². The van der Waals surface area contributed by atoms with Crippen LogP contribution >= 0.6 is 0 Å². The third-order valence-corrected chi connectivity index (χ3v) is 8.32. The molecule has 2 fully saturated rings. The van der Waals surface area contributed by atoms with Gasteiger partial charge in [0, 0.05) is 5.54 Å². The summed E-state index contributed by atoms with van der Waals surface area (Å²) in [5, 5.41) is 13.2. The van der Waals surface area contributed by atoms with Gasteiger partial charge >= 0.3 is 0 Å². The van der Waals surface area contributed by atoms with E-state index in [2.05, 4.69) is 51.2 Å². The van der Waals surface area contributed by atoms with Gasteiger partial charge in [0.2, 0.25) is 0 Å². The minimum atomic E-state index is 0.173. The normalized spacial score (nSPS) is 35.4. The molecule has 4 rings (SSSR count). The highest BCUT2D eigenvalue weighted by Crippen LogP contribution is 2.63. The van der Waals surface area contributed by atoms with Gasteiger partial charge in [-0.1, -0.05) is 25.1 Å². The molecule has 27 heavy (non-hydrogen) atoms. The Kier molecular flexibility index (Phi) is 5.18. The number of aliphatic hydroxyl groups is 1. The molecule has 1 aromatic rings. The van der Waals surface area contributed by atoms with Gasteiger partial charge in [0.1, 0.15) is 0 Å². The molecule has 5 atom stereocenters. The minimum Gasteiger partial charge on any atom is -0.392 e. The molecule has 0 saturated heterocycles. The van der Waals surface area contributed by atoms with Crippen LogP contribution in [-0.4, -0.2) is 17.2 Å². The number of hydrogen-bond acceptors (Lipinski definition) is 2. The van der Waals surface area contributed by atoms with E-state index in [4.69, 9.17) is 0 Å². The highest BCUT2D eigenvalue weighted by Gasteiger charge is 2.54. The average Bonchev–Trinajstić information content (AvgIpc) is 2.96. The number of nitrogens with one attached hydrogen (secondary N) is 1. The van der Waals surface area contributed by atoms with E-state index in [0.717, 1.165) is 35.8 Å². The zero-order valence-electron chi connectivity index (χ0n) is 17.9. The van der Waals surface area contributed by atoms with Gasteiger partial charge in [-0.25, -0.2) is 0 Å². The molecule has 3 aliphatic rings. The summed E-state index contributed by atoms with van der Waals surface area (Å²) in [6, 6.07) is 6.78. The molecule has 0 spiro atoms. The van der Waals surface area contributed by atoms with Crippen molar-refractivity contribution in [1.29, 1.82) is 0 Å². The maximum Gasteiger partial charge on any atom is 0.0681 e. The first kappa shape index (κ1) is 19.5. The van der Waals surface area contributed by atoms with Gasteiger partial charge in [0.25, 0.3) is 0 Å². The quantitative estimate of drug-likeness (QED) is 0.742. The van der Waals surface area contributed by atoms with Gasteiger partial charge in [-0.3, -0.25) is 0 Å². The Labute approximate surface area is 166 Å². The molecule has 2 heteroatoms. The summed E-state index contributed by atoms with van der Waals surface area (Å²) in [5.74, 6) is 3.47. The van der Waals surface area contributed by atoms with Crippen molar-refractivity contribution in [3.63, 3.8) is 0 Å². The molecule has 2 saturated carbocycles. The monoisotopic (exact) mass is 369 g/mol. The molecule has 2 nitrogen and oxygen atoms in total. The molecule has 0 aliphatic heterocycles. The zero-order valence-corrected chi connectivity index (χ0v) is 17.9. The summed E-state index contributed by atoms with van der Waals surface area (Å²) in [5.41, 5.74) is 5.01. The number of benzene rings is 1. The lowest BCUT2D eigenvalue weighted by Gasteiger charge is -2.51. The average molecular weight is 370 g/mol. The van der Waals surface area contributed by atoms with Gasteiger partial charge < -0.3 is 10.4 Å². The fourth-order valence-corrected chi connectivity index (χ4v) is 6.94. The topological polar surface area (TPSA) is 32.3 Å². The Morgan fingerprint density at radius 3 is 2.70 bits per heavy atom. The molecule has 0 unspecified atom stereocenters. The van der Waals surface area contributed by atoms with Crippen LogP contribution in [0.5, 0.6) is 0 Å². The second kappa shape index (κ2) is 7.19. The lowest BCUT2D eigenvalue weighted by Crippen LogP contribution is -2.43. The lowest BCUT2D eigenvalue weighted by molar-refractivity contribution is 0.0256. The van der Waals surface area contributed by atoms with Crippen LogP contribution in [0.3, 0.4) is 0 Å². The fourth-order valence-electron chi connectivity index (χ4n) is 6.94. The predicted octanol–water partition coefficient (Wildman–Crippen LogP) is 5.43. The first-order valence-electron chi connectivity index (χ1n) is 11.3. The Balaban J connectivity index is 1.48. The zero-order chi connectivity index (χ0) is 19.2. The minimum absolute atomic E-state index is 0.173. The molecule has 0 amide bonds. The van der Waals surface area contributed by atoms with E-state index in [1.807, 2.05) is 0 Å². The second-order valence-corrected chi connectivity index (χ2v) is 10.9. The van der Waals surface area contributed by atoms with Crippen molar-refractivity contribution in [3.05, 3.63) is 34.9 Å². The summed E-state index contributed by atoms with van der Waals surface area (Å²) < 4.78 is 0. The van der Waals surface area contributed by atoms with Crippen LogP contribution in [0.1, 0.15) is 88.8 Å². The number of hydrogen-bond donors (Lipinski definition) is 2. The maximum absolute atomic E-state index is 9.47. The highest BCUT2D eigenvalue weighted by atomic mass is 16.3. The first-order chi connectivity index (χ1) is 12.8. The third kappa shape index (κ3) is 3.60. The molecule has 0 heterocycles. The summed E-state index contributed by atoms with van der Waals surface area (Å²) in [4.78, 5) is 0. The molecule has 150 valence electrons. The number of aliphatic hydroxyl groups excluding tert-OH is 1. The third-order valence-electron chi connectivity index (χ3n) is 8.32. The van der Waals surface area contributed by atoms with Crippen molar-refractivity contribution in [2.75, 3.05) is 6.54 Å². The van der Waals surface area contributed by atoms with Crippen LogP contribution in [0.2, 0.25) is 0 Å². The van der Waals surface area contributed by atoms with Crippen molar-refractivity contribution in [1.82, 2.24) is 5.32 Å². The molecular formula is C25H39NO. The summed E-state index contributed by atoms with van der Waals surface area (Å²) in [7, 11) is 0. The lowest BCUT2D eigenvalue weighted by atomic mass is 9.54. The van der Waals surface area contributed by atoms with Crippen LogP contribution in [0.15, 0.2) is 18.2 Å². The van der Waals surface area contributed by atoms with E-state index in [9.17, 15) is 5.11 Å². The Morgan fingerprint density at radius 2 is 1.96 bits per heavy atom. The van der Waals surface area contributed by atoms with Crippen LogP contribution in [0, 0.1) is 23.2 Å². The van der Waals surface area contributed by atoms with Crippen LogP contribution in [0.4, 0.5) is 0 Å². The summed E-state index contributed by atoms with van der Waals surface area (Å²) >= 11 is 0. The van der Waals surface area contributed by atoms with E-state index in [1.165, 1.54) is 50.5 Å². The molecule has 0 aromatic heterocycles. The molecular weight excluding hydrogens is 330 g/mol. The molecule has 2 N–H and O–H groups in total. The van der Waals surface area contributed by atoms with Crippen LogP contribution < -0.4 is 5.32 Å². The number of rotatable bonds is 4. The van der Waals surface area contributed by atoms with Crippen molar-refractivity contribution >= 4 is 0 Å². The van der Waals surface area contributed by atoms with Crippen LogP contribution in [0.25, 0.3) is 0 Å². The Morgan fingerprint density at radius 1 is 1.15 bits per heavy atom. The SMILES string of the molecule is CC(C)(C)NCC[C@H]1CC[C@H]2[C@@H]3CCc4cc(CO)ccc4[C@H]3CC[C@]12C. The van der Waals surface area contributed by atoms with Crippen LogP contribution in [-0.2, 0) is 13.0 Å². The van der Waals surface area contributed by atoms with Crippen molar-refractivity contribution in [2.24, 2.45) is 23.2 Å². The fraction of sp³-hybridized carbons (Fsp3) is 0.760. The summed E-state index contributed by atoms with van der Waals surface area (Å²) in [6.07, 6.45) is 9.58. The summed E-state index contributed by atoms with van der Waals surface area (Å²) in [6.45, 7) is 10.8.